The predicted octanol–water partition coefficient (Wildman–Crippen LogP) is 4.61. The van der Waals surface area contributed by atoms with E-state index in [9.17, 15) is 4.79 Å². The van der Waals surface area contributed by atoms with Crippen molar-refractivity contribution in [2.75, 3.05) is 0 Å². The van der Waals surface area contributed by atoms with Crippen LogP contribution in [-0.4, -0.2) is 0 Å². The molecule has 0 aliphatic heterocycles. The highest BCUT2D eigenvalue weighted by Gasteiger charge is 2.08. The number of rotatable bonds is 1. The van der Waals surface area contributed by atoms with Crippen molar-refractivity contribution in [2.24, 2.45) is 0 Å². The Bertz CT molecular complexity index is 998. The van der Waals surface area contributed by atoms with Crippen LogP contribution in [0.3, 0.4) is 0 Å². The van der Waals surface area contributed by atoms with Gasteiger partial charge >= 0.3 is 0 Å². The van der Waals surface area contributed by atoms with Crippen molar-refractivity contribution >= 4 is 21.9 Å². The summed E-state index contributed by atoms with van der Waals surface area (Å²) in [4.78, 5) is 12.6. The normalized spacial score (nSPS) is 11.0. The number of fused-ring (bicyclic) bond motifs is 2. The zero-order valence-electron chi connectivity index (χ0n) is 11.2. The molecule has 1 aromatic heterocycles. The molecule has 0 aliphatic carbocycles. The van der Waals surface area contributed by atoms with Gasteiger partial charge in [-0.2, -0.15) is 0 Å². The molecule has 1 heterocycles. The van der Waals surface area contributed by atoms with Gasteiger partial charge in [-0.1, -0.05) is 48.5 Å². The Labute approximate surface area is 121 Å². The van der Waals surface area contributed by atoms with E-state index in [0.717, 1.165) is 11.1 Å². The minimum atomic E-state index is 0.0182. The van der Waals surface area contributed by atoms with Crippen LogP contribution in [0.4, 0.5) is 0 Å². The topological polar surface area (TPSA) is 30.2 Å². The van der Waals surface area contributed by atoms with E-state index in [1.165, 1.54) is 0 Å². The second-order valence-electron chi connectivity index (χ2n) is 5.00. The second kappa shape index (κ2) is 4.60. The maximum absolute atomic E-state index is 12.6. The Morgan fingerprint density at radius 2 is 1.33 bits per heavy atom. The van der Waals surface area contributed by atoms with E-state index in [0.29, 0.717) is 21.9 Å². The molecule has 0 aliphatic rings. The van der Waals surface area contributed by atoms with Crippen molar-refractivity contribution in [3.63, 3.8) is 0 Å². The lowest BCUT2D eigenvalue weighted by atomic mass is 10.0. The minimum Gasteiger partial charge on any atom is -0.456 e. The van der Waals surface area contributed by atoms with Gasteiger partial charge in [-0.15, -0.1) is 0 Å². The van der Waals surface area contributed by atoms with Gasteiger partial charge in [0, 0.05) is 0 Å². The summed E-state index contributed by atoms with van der Waals surface area (Å²) in [5, 5.41) is 1.24. The molecular formula is C19H12O2. The highest BCUT2D eigenvalue weighted by Crippen LogP contribution is 2.25. The lowest BCUT2D eigenvalue weighted by Gasteiger charge is -2.05. The molecule has 0 spiro atoms. The van der Waals surface area contributed by atoms with E-state index in [1.807, 2.05) is 66.7 Å². The van der Waals surface area contributed by atoms with Gasteiger partial charge in [0.1, 0.15) is 11.2 Å². The molecule has 100 valence electrons. The molecule has 0 bridgehead atoms. The van der Waals surface area contributed by atoms with Crippen molar-refractivity contribution in [1.82, 2.24) is 0 Å². The lowest BCUT2D eigenvalue weighted by Crippen LogP contribution is -2.01. The zero-order chi connectivity index (χ0) is 14.2. The standard InChI is InChI=1S/C19H12O2/c20-19-15-8-4-5-9-17(15)21-18-11-10-14(12-16(18)19)13-6-2-1-3-7-13/h1-12H. The predicted molar refractivity (Wildman–Crippen MR) is 85.4 cm³/mol. The second-order valence-corrected chi connectivity index (χ2v) is 5.00. The van der Waals surface area contributed by atoms with E-state index in [4.69, 9.17) is 4.42 Å². The van der Waals surface area contributed by atoms with Crippen molar-refractivity contribution < 1.29 is 4.42 Å². The average Bonchev–Trinajstić information content (AvgIpc) is 2.56. The SMILES string of the molecule is O=c1c2ccccc2oc2ccc(-c3ccccc3)cc12. The van der Waals surface area contributed by atoms with E-state index in [1.54, 1.807) is 6.07 Å². The van der Waals surface area contributed by atoms with Gasteiger partial charge < -0.3 is 4.42 Å². The molecule has 0 atom stereocenters. The van der Waals surface area contributed by atoms with Crippen molar-refractivity contribution in [2.45, 2.75) is 0 Å². The average molecular weight is 272 g/mol. The first-order chi connectivity index (χ1) is 10.3. The largest absolute Gasteiger partial charge is 0.456 e. The van der Waals surface area contributed by atoms with Crippen LogP contribution in [0.2, 0.25) is 0 Å². The quantitative estimate of drug-likeness (QED) is 0.473. The summed E-state index contributed by atoms with van der Waals surface area (Å²) in [5.41, 5.74) is 3.38. The van der Waals surface area contributed by atoms with Gasteiger partial charge in [-0.05, 0) is 35.4 Å². The summed E-state index contributed by atoms with van der Waals surface area (Å²) in [6, 6.07) is 23.1. The Kier molecular flexibility index (Phi) is 2.61. The van der Waals surface area contributed by atoms with Gasteiger partial charge in [0.2, 0.25) is 5.43 Å². The number of para-hydroxylation sites is 1. The first-order valence-electron chi connectivity index (χ1n) is 6.84. The molecule has 0 amide bonds. The van der Waals surface area contributed by atoms with Crippen molar-refractivity contribution in [3.8, 4) is 11.1 Å². The summed E-state index contributed by atoms with van der Waals surface area (Å²) in [7, 11) is 0. The molecule has 0 saturated carbocycles. The smallest absolute Gasteiger partial charge is 0.200 e. The molecule has 0 saturated heterocycles. The van der Waals surface area contributed by atoms with Crippen molar-refractivity contribution in [3.05, 3.63) is 83.0 Å². The fraction of sp³-hybridized carbons (Fsp3) is 0. The van der Waals surface area contributed by atoms with E-state index in [2.05, 4.69) is 0 Å². The first-order valence-corrected chi connectivity index (χ1v) is 6.84. The molecule has 4 aromatic rings. The van der Waals surface area contributed by atoms with Crippen LogP contribution in [0.25, 0.3) is 33.1 Å². The highest BCUT2D eigenvalue weighted by molar-refractivity contribution is 5.91. The fourth-order valence-corrected chi connectivity index (χ4v) is 2.61. The van der Waals surface area contributed by atoms with Crippen molar-refractivity contribution in [1.29, 1.82) is 0 Å². The molecule has 21 heavy (non-hydrogen) atoms. The van der Waals surface area contributed by atoms with E-state index in [-0.39, 0.29) is 5.43 Å². The third-order valence-corrected chi connectivity index (χ3v) is 3.68. The maximum Gasteiger partial charge on any atom is 0.200 e. The lowest BCUT2D eigenvalue weighted by molar-refractivity contribution is 0.660. The van der Waals surface area contributed by atoms with Crippen LogP contribution in [0.15, 0.2) is 82.0 Å². The third-order valence-electron chi connectivity index (χ3n) is 3.68. The highest BCUT2D eigenvalue weighted by atomic mass is 16.3. The third kappa shape index (κ3) is 1.93. The minimum absolute atomic E-state index is 0.0182. The monoisotopic (exact) mass is 272 g/mol. The molecule has 4 rings (SSSR count). The Hall–Kier alpha value is -2.87. The Morgan fingerprint density at radius 1 is 0.619 bits per heavy atom. The molecule has 2 heteroatoms. The van der Waals surface area contributed by atoms with Crippen LogP contribution in [0.1, 0.15) is 0 Å². The molecule has 0 fully saturated rings. The van der Waals surface area contributed by atoms with Gasteiger partial charge in [0.25, 0.3) is 0 Å². The molecule has 0 N–H and O–H groups in total. The molecule has 0 radical (unpaired) electrons. The number of benzene rings is 3. The van der Waals surface area contributed by atoms with Crippen LogP contribution in [0.5, 0.6) is 0 Å². The summed E-state index contributed by atoms with van der Waals surface area (Å²) in [6.07, 6.45) is 0. The Morgan fingerprint density at radius 3 is 2.19 bits per heavy atom. The zero-order valence-corrected chi connectivity index (χ0v) is 11.2. The van der Waals surface area contributed by atoms with E-state index < -0.39 is 0 Å². The summed E-state index contributed by atoms with van der Waals surface area (Å²) in [5.74, 6) is 0. The maximum atomic E-state index is 12.6. The molecule has 3 aromatic carbocycles. The van der Waals surface area contributed by atoms with Gasteiger partial charge in [-0.25, -0.2) is 0 Å². The summed E-state index contributed by atoms with van der Waals surface area (Å²) < 4.78 is 5.82. The van der Waals surface area contributed by atoms with Crippen LogP contribution in [-0.2, 0) is 0 Å². The summed E-state index contributed by atoms with van der Waals surface area (Å²) in [6.45, 7) is 0. The van der Waals surface area contributed by atoms with Crippen LogP contribution >= 0.6 is 0 Å². The van der Waals surface area contributed by atoms with Gasteiger partial charge in [0.15, 0.2) is 0 Å². The van der Waals surface area contributed by atoms with Crippen LogP contribution in [0, 0.1) is 0 Å². The van der Waals surface area contributed by atoms with Crippen LogP contribution < -0.4 is 5.43 Å². The number of hydrogen-bond donors (Lipinski definition) is 0. The van der Waals surface area contributed by atoms with Gasteiger partial charge in [0.05, 0.1) is 10.8 Å². The number of hydrogen-bond acceptors (Lipinski definition) is 2. The first kappa shape index (κ1) is 11.9. The Balaban J connectivity index is 2.06. The molecule has 2 nitrogen and oxygen atoms in total. The summed E-state index contributed by atoms with van der Waals surface area (Å²) >= 11 is 0. The molecular weight excluding hydrogens is 260 g/mol. The van der Waals surface area contributed by atoms with Gasteiger partial charge in [-0.3, -0.25) is 4.79 Å². The van der Waals surface area contributed by atoms with E-state index >= 15 is 0 Å². The molecule has 0 unspecified atom stereocenters. The fourth-order valence-electron chi connectivity index (χ4n) is 2.61.